The van der Waals surface area contributed by atoms with Crippen LogP contribution in [0.3, 0.4) is 0 Å². The molecule has 1 aliphatic carbocycles. The molecule has 1 aliphatic rings. The Kier molecular flexibility index (Phi) is 3.00. The molecule has 4 rings (SSSR count). The molecule has 5 nitrogen and oxygen atoms in total. The number of nitriles is 1. The molecule has 0 amide bonds. The van der Waals surface area contributed by atoms with Crippen LogP contribution in [0.2, 0.25) is 0 Å². The van der Waals surface area contributed by atoms with Gasteiger partial charge in [0.15, 0.2) is 17.5 Å². The first-order valence-corrected chi connectivity index (χ1v) is 7.23. The van der Waals surface area contributed by atoms with E-state index in [1.54, 1.807) is 0 Å². The van der Waals surface area contributed by atoms with Crippen molar-refractivity contribution in [2.24, 2.45) is 0 Å². The maximum atomic E-state index is 14.3. The second kappa shape index (κ2) is 4.96. The van der Waals surface area contributed by atoms with Gasteiger partial charge in [-0.15, -0.1) is 0 Å². The van der Waals surface area contributed by atoms with Gasteiger partial charge < -0.3 is 5.73 Å². The molecule has 1 aromatic carbocycles. The van der Waals surface area contributed by atoms with E-state index in [-0.39, 0.29) is 45.2 Å². The molecule has 0 spiro atoms. The zero-order chi connectivity index (χ0) is 17.0. The van der Waals surface area contributed by atoms with Gasteiger partial charge in [0.25, 0.3) is 0 Å². The predicted molar refractivity (Wildman–Crippen MR) is 80.3 cm³/mol. The third-order valence-corrected chi connectivity index (χ3v) is 4.11. The van der Waals surface area contributed by atoms with Crippen molar-refractivity contribution < 1.29 is 13.2 Å². The highest BCUT2D eigenvalue weighted by atomic mass is 19.1. The van der Waals surface area contributed by atoms with Crippen LogP contribution in [0.4, 0.5) is 19.0 Å². The van der Waals surface area contributed by atoms with E-state index < -0.39 is 17.5 Å². The fourth-order valence-electron chi connectivity index (χ4n) is 2.87. The number of nitrogen functional groups attached to an aromatic ring is 1. The Morgan fingerprint density at radius 2 is 2.00 bits per heavy atom. The van der Waals surface area contributed by atoms with Gasteiger partial charge in [-0.1, -0.05) is 0 Å². The Balaban J connectivity index is 2.06. The van der Waals surface area contributed by atoms with Crippen molar-refractivity contribution in [2.45, 2.75) is 18.8 Å². The summed E-state index contributed by atoms with van der Waals surface area (Å²) in [5, 5.41) is 16.0. The normalized spacial score (nSPS) is 14.1. The van der Waals surface area contributed by atoms with Gasteiger partial charge in [0, 0.05) is 17.0 Å². The number of halogens is 3. The minimum Gasteiger partial charge on any atom is -0.381 e. The van der Waals surface area contributed by atoms with Crippen molar-refractivity contribution in [1.82, 2.24) is 15.2 Å². The number of anilines is 1. The molecule has 3 N–H and O–H groups in total. The minimum absolute atomic E-state index is 0.0134. The summed E-state index contributed by atoms with van der Waals surface area (Å²) in [7, 11) is 0. The van der Waals surface area contributed by atoms with E-state index >= 15 is 0 Å². The second-order valence-electron chi connectivity index (χ2n) is 5.72. The summed E-state index contributed by atoms with van der Waals surface area (Å²) >= 11 is 0. The number of nitrogens with one attached hydrogen (secondary N) is 1. The number of aromatic amines is 1. The Morgan fingerprint density at radius 1 is 1.25 bits per heavy atom. The van der Waals surface area contributed by atoms with Gasteiger partial charge in [0.2, 0.25) is 0 Å². The van der Waals surface area contributed by atoms with Crippen molar-refractivity contribution in [3.63, 3.8) is 0 Å². The van der Waals surface area contributed by atoms with Crippen molar-refractivity contribution in [3.8, 4) is 17.5 Å². The third-order valence-electron chi connectivity index (χ3n) is 4.11. The quantitative estimate of drug-likeness (QED) is 0.754. The molecule has 1 saturated carbocycles. The fraction of sp³-hybridized carbons (Fsp3) is 0.188. The minimum atomic E-state index is -0.844. The van der Waals surface area contributed by atoms with Crippen LogP contribution in [0.25, 0.3) is 22.3 Å². The first-order valence-electron chi connectivity index (χ1n) is 7.23. The number of hydrogen-bond acceptors (Lipinski definition) is 4. The van der Waals surface area contributed by atoms with Crippen LogP contribution in [0.1, 0.15) is 29.9 Å². The van der Waals surface area contributed by atoms with Crippen LogP contribution in [-0.4, -0.2) is 15.2 Å². The van der Waals surface area contributed by atoms with Crippen LogP contribution >= 0.6 is 0 Å². The first-order chi connectivity index (χ1) is 11.5. The number of aromatic nitrogens is 3. The van der Waals surface area contributed by atoms with Crippen LogP contribution in [0, 0.1) is 28.8 Å². The van der Waals surface area contributed by atoms with E-state index in [9.17, 15) is 18.4 Å². The molecule has 3 aromatic rings. The van der Waals surface area contributed by atoms with Crippen LogP contribution < -0.4 is 5.73 Å². The lowest BCUT2D eigenvalue weighted by Gasteiger charge is -2.10. The number of hydrogen-bond donors (Lipinski definition) is 2. The monoisotopic (exact) mass is 329 g/mol. The van der Waals surface area contributed by atoms with Gasteiger partial charge in [-0.3, -0.25) is 5.10 Å². The zero-order valence-electron chi connectivity index (χ0n) is 12.2. The van der Waals surface area contributed by atoms with E-state index in [1.165, 1.54) is 0 Å². The lowest BCUT2D eigenvalue weighted by molar-refractivity contribution is 0.590. The molecule has 0 atom stereocenters. The summed E-state index contributed by atoms with van der Waals surface area (Å²) in [4.78, 5) is 3.93. The molecule has 8 heteroatoms. The summed E-state index contributed by atoms with van der Waals surface area (Å²) < 4.78 is 41.7. The maximum absolute atomic E-state index is 14.3. The molecule has 2 heterocycles. The van der Waals surface area contributed by atoms with Crippen molar-refractivity contribution in [2.75, 3.05) is 5.73 Å². The Labute approximate surface area is 133 Å². The van der Waals surface area contributed by atoms with E-state index in [0.29, 0.717) is 6.07 Å². The molecular weight excluding hydrogens is 319 g/mol. The lowest BCUT2D eigenvalue weighted by atomic mass is 9.99. The molecule has 24 heavy (non-hydrogen) atoms. The number of H-pyrrole nitrogens is 1. The van der Waals surface area contributed by atoms with E-state index in [1.807, 2.05) is 6.07 Å². The number of nitrogens with zero attached hydrogens (tertiary/aromatic N) is 3. The molecule has 0 aliphatic heterocycles. The molecule has 0 saturated heterocycles. The predicted octanol–water partition coefficient (Wildman–Crippen LogP) is 3.37. The van der Waals surface area contributed by atoms with Crippen LogP contribution in [0.5, 0.6) is 0 Å². The number of fused-ring (bicyclic) bond motifs is 1. The largest absolute Gasteiger partial charge is 0.381 e. The summed E-state index contributed by atoms with van der Waals surface area (Å²) in [5.74, 6) is -2.79. The molecule has 0 radical (unpaired) electrons. The maximum Gasteiger partial charge on any atom is 0.170 e. The molecule has 2 aromatic heterocycles. The first kappa shape index (κ1) is 14.5. The molecule has 120 valence electrons. The van der Waals surface area contributed by atoms with Gasteiger partial charge in [-0.05, 0) is 24.8 Å². The second-order valence-corrected chi connectivity index (χ2v) is 5.72. The Hall–Kier alpha value is -3.08. The molecule has 1 fully saturated rings. The molecule has 0 unspecified atom stereocenters. The van der Waals surface area contributed by atoms with Gasteiger partial charge in [0.1, 0.15) is 23.1 Å². The summed E-state index contributed by atoms with van der Waals surface area (Å²) in [6, 6.07) is 3.73. The van der Waals surface area contributed by atoms with Gasteiger partial charge in [-0.25, -0.2) is 18.2 Å². The fourth-order valence-corrected chi connectivity index (χ4v) is 2.87. The number of rotatable bonds is 2. The lowest BCUT2D eigenvalue weighted by Crippen LogP contribution is -2.06. The highest BCUT2D eigenvalue weighted by Crippen LogP contribution is 2.45. The SMILES string of the molecule is N#Cc1c(-c2[nH]nc3c(F)cc(F)cc23)nc(N)c(F)c1C1CC1. The van der Waals surface area contributed by atoms with Crippen molar-refractivity contribution in [3.05, 3.63) is 40.7 Å². The summed E-state index contributed by atoms with van der Waals surface area (Å²) in [6.45, 7) is 0. The standard InChI is InChI=1S/C16H10F3N5/c17-7-3-8-13(10(18)4-7)23-24-15(8)14-9(5-20)11(6-1-2-6)12(19)16(21)22-14/h3-4,6H,1-2H2,(H2,21,22)(H,23,24). The zero-order valence-corrected chi connectivity index (χ0v) is 12.2. The highest BCUT2D eigenvalue weighted by molar-refractivity contribution is 5.94. The van der Waals surface area contributed by atoms with E-state index in [0.717, 1.165) is 18.9 Å². The van der Waals surface area contributed by atoms with Crippen molar-refractivity contribution >= 4 is 16.7 Å². The Bertz CT molecular complexity index is 1030. The average Bonchev–Trinajstić information content (AvgIpc) is 3.28. The third kappa shape index (κ3) is 2.01. The van der Waals surface area contributed by atoms with Gasteiger partial charge >= 0.3 is 0 Å². The Morgan fingerprint density at radius 3 is 2.67 bits per heavy atom. The number of benzene rings is 1. The van der Waals surface area contributed by atoms with Crippen molar-refractivity contribution in [1.29, 1.82) is 5.26 Å². The number of pyridine rings is 1. The summed E-state index contributed by atoms with van der Waals surface area (Å²) in [5.41, 5.74) is 5.95. The van der Waals surface area contributed by atoms with Gasteiger partial charge in [0.05, 0.1) is 11.3 Å². The smallest absolute Gasteiger partial charge is 0.170 e. The molecule has 0 bridgehead atoms. The summed E-state index contributed by atoms with van der Waals surface area (Å²) in [6.07, 6.45) is 1.50. The topological polar surface area (TPSA) is 91.4 Å². The van der Waals surface area contributed by atoms with Gasteiger partial charge in [-0.2, -0.15) is 10.4 Å². The highest BCUT2D eigenvalue weighted by Gasteiger charge is 2.33. The van der Waals surface area contributed by atoms with E-state index in [4.69, 9.17) is 5.73 Å². The van der Waals surface area contributed by atoms with Crippen LogP contribution in [0.15, 0.2) is 12.1 Å². The van der Waals surface area contributed by atoms with E-state index in [2.05, 4.69) is 15.2 Å². The molecular formula is C16H10F3N5. The number of nitrogens with two attached hydrogens (primary N) is 1. The average molecular weight is 329 g/mol. The van der Waals surface area contributed by atoms with Crippen LogP contribution in [-0.2, 0) is 0 Å².